The number of halogens is 3. The van der Waals surface area contributed by atoms with Crippen molar-refractivity contribution < 1.29 is 18.7 Å². The normalized spacial score (nSPS) is 11.5. The van der Waals surface area contributed by atoms with Crippen molar-refractivity contribution in [1.29, 1.82) is 0 Å². The maximum Gasteiger partial charge on any atom is 0.309 e. The zero-order valence-corrected chi connectivity index (χ0v) is 8.68. The standard InChI is InChI=1S/C10H9ClF2O2/c1-6-4-7(11)2-3-8(6)10(12,13)5-9(14)15/h2-4H,5H2,1H3,(H,14,15). The van der Waals surface area contributed by atoms with Gasteiger partial charge in [0.05, 0.1) is 0 Å². The molecule has 0 aromatic heterocycles. The summed E-state index contributed by atoms with van der Waals surface area (Å²) in [5.41, 5.74) is -0.0111. The van der Waals surface area contributed by atoms with E-state index in [1.54, 1.807) is 0 Å². The third kappa shape index (κ3) is 2.89. The van der Waals surface area contributed by atoms with Crippen molar-refractivity contribution >= 4 is 17.6 Å². The van der Waals surface area contributed by atoms with Crippen molar-refractivity contribution in [2.45, 2.75) is 19.3 Å². The number of carbonyl (C=O) groups is 1. The fourth-order valence-corrected chi connectivity index (χ4v) is 1.55. The van der Waals surface area contributed by atoms with E-state index in [9.17, 15) is 13.6 Å². The lowest BCUT2D eigenvalue weighted by atomic mass is 10.0. The zero-order valence-electron chi connectivity index (χ0n) is 7.93. The maximum absolute atomic E-state index is 13.4. The van der Waals surface area contributed by atoms with Crippen molar-refractivity contribution in [3.63, 3.8) is 0 Å². The quantitative estimate of drug-likeness (QED) is 0.872. The van der Waals surface area contributed by atoms with Gasteiger partial charge in [0.15, 0.2) is 0 Å². The Morgan fingerprint density at radius 1 is 1.53 bits per heavy atom. The SMILES string of the molecule is Cc1cc(Cl)ccc1C(F)(F)CC(=O)O. The molecule has 0 bridgehead atoms. The molecule has 0 amide bonds. The highest BCUT2D eigenvalue weighted by Gasteiger charge is 2.35. The molecule has 0 aliphatic rings. The Labute approximate surface area is 90.5 Å². The molecule has 0 spiro atoms. The highest BCUT2D eigenvalue weighted by molar-refractivity contribution is 6.30. The Morgan fingerprint density at radius 2 is 2.13 bits per heavy atom. The number of carboxylic acids is 1. The minimum absolute atomic E-state index is 0.286. The summed E-state index contributed by atoms with van der Waals surface area (Å²) in [6.45, 7) is 1.47. The molecule has 1 aromatic rings. The minimum atomic E-state index is -3.36. The second kappa shape index (κ2) is 4.14. The van der Waals surface area contributed by atoms with Crippen LogP contribution in [-0.2, 0) is 10.7 Å². The molecular formula is C10H9ClF2O2. The minimum Gasteiger partial charge on any atom is -0.481 e. The van der Waals surface area contributed by atoms with Crippen LogP contribution < -0.4 is 0 Å². The summed E-state index contributed by atoms with van der Waals surface area (Å²) < 4.78 is 26.8. The van der Waals surface area contributed by atoms with Gasteiger partial charge in [0, 0.05) is 10.6 Å². The first-order chi connectivity index (χ1) is 6.83. The van der Waals surface area contributed by atoms with Gasteiger partial charge in [-0.15, -0.1) is 0 Å². The molecule has 1 rings (SSSR count). The first kappa shape index (κ1) is 11.9. The number of hydrogen-bond acceptors (Lipinski definition) is 1. The molecule has 5 heteroatoms. The van der Waals surface area contributed by atoms with Crippen molar-refractivity contribution in [1.82, 2.24) is 0 Å². The third-order valence-electron chi connectivity index (χ3n) is 1.96. The van der Waals surface area contributed by atoms with E-state index in [4.69, 9.17) is 16.7 Å². The van der Waals surface area contributed by atoms with Gasteiger partial charge in [-0.1, -0.05) is 17.7 Å². The first-order valence-corrected chi connectivity index (χ1v) is 4.57. The molecule has 15 heavy (non-hydrogen) atoms. The highest BCUT2D eigenvalue weighted by Crippen LogP contribution is 2.34. The number of aryl methyl sites for hydroxylation is 1. The Balaban J connectivity index is 3.09. The summed E-state index contributed by atoms with van der Waals surface area (Å²) in [7, 11) is 0. The molecule has 0 fully saturated rings. The van der Waals surface area contributed by atoms with E-state index >= 15 is 0 Å². The van der Waals surface area contributed by atoms with Crippen LogP contribution in [-0.4, -0.2) is 11.1 Å². The molecule has 0 aliphatic carbocycles. The maximum atomic E-state index is 13.4. The fraction of sp³-hybridized carbons (Fsp3) is 0.300. The second-order valence-electron chi connectivity index (χ2n) is 3.23. The van der Waals surface area contributed by atoms with E-state index in [1.807, 2.05) is 0 Å². The molecule has 0 saturated heterocycles. The monoisotopic (exact) mass is 234 g/mol. The molecule has 82 valence electrons. The van der Waals surface area contributed by atoms with Crippen LogP contribution in [0.3, 0.4) is 0 Å². The largest absolute Gasteiger partial charge is 0.481 e. The van der Waals surface area contributed by atoms with Gasteiger partial charge in [-0.05, 0) is 24.6 Å². The van der Waals surface area contributed by atoms with E-state index in [-0.39, 0.29) is 11.1 Å². The molecule has 0 saturated carbocycles. The number of carboxylic acid groups (broad SMARTS) is 1. The number of hydrogen-bond donors (Lipinski definition) is 1. The Hall–Kier alpha value is -1.16. The predicted molar refractivity (Wildman–Crippen MR) is 52.3 cm³/mol. The summed E-state index contributed by atoms with van der Waals surface area (Å²) in [5, 5.41) is 8.70. The van der Waals surface area contributed by atoms with Gasteiger partial charge in [0.25, 0.3) is 5.92 Å². The summed E-state index contributed by atoms with van der Waals surface area (Å²) >= 11 is 5.61. The lowest BCUT2D eigenvalue weighted by Gasteiger charge is -2.16. The van der Waals surface area contributed by atoms with Crippen LogP contribution in [0.1, 0.15) is 17.5 Å². The average molecular weight is 235 g/mol. The van der Waals surface area contributed by atoms with Crippen molar-refractivity contribution in [3.05, 3.63) is 34.3 Å². The highest BCUT2D eigenvalue weighted by atomic mass is 35.5. The summed E-state index contributed by atoms with van der Waals surface area (Å²) in [6, 6.07) is 3.85. The van der Waals surface area contributed by atoms with E-state index in [0.717, 1.165) is 6.07 Å². The van der Waals surface area contributed by atoms with Crippen LogP contribution in [0.4, 0.5) is 8.78 Å². The number of alkyl halides is 2. The van der Waals surface area contributed by atoms with Gasteiger partial charge in [0.2, 0.25) is 0 Å². The van der Waals surface area contributed by atoms with E-state index < -0.39 is 18.3 Å². The van der Waals surface area contributed by atoms with Gasteiger partial charge in [-0.3, -0.25) is 4.79 Å². The summed E-state index contributed by atoms with van der Waals surface area (Å²) in [4.78, 5) is 10.3. The Morgan fingerprint density at radius 3 is 2.60 bits per heavy atom. The lowest BCUT2D eigenvalue weighted by molar-refractivity contribution is -0.145. The second-order valence-corrected chi connectivity index (χ2v) is 3.67. The third-order valence-corrected chi connectivity index (χ3v) is 2.19. The Kier molecular flexibility index (Phi) is 3.29. The Bertz CT molecular complexity index is 391. The van der Waals surface area contributed by atoms with Crippen molar-refractivity contribution in [2.75, 3.05) is 0 Å². The summed E-state index contributed by atoms with van der Waals surface area (Å²) in [6.07, 6.45) is -1.21. The molecule has 0 aliphatic heterocycles. The molecular weight excluding hydrogens is 226 g/mol. The van der Waals surface area contributed by atoms with Gasteiger partial charge in [0.1, 0.15) is 6.42 Å². The van der Waals surface area contributed by atoms with Crippen LogP contribution in [0.2, 0.25) is 5.02 Å². The topological polar surface area (TPSA) is 37.3 Å². The van der Waals surface area contributed by atoms with Crippen LogP contribution in [0.15, 0.2) is 18.2 Å². The van der Waals surface area contributed by atoms with Crippen molar-refractivity contribution in [2.24, 2.45) is 0 Å². The van der Waals surface area contributed by atoms with E-state index in [1.165, 1.54) is 19.1 Å². The zero-order chi connectivity index (χ0) is 11.6. The molecule has 1 aromatic carbocycles. The number of benzene rings is 1. The molecule has 1 N–H and O–H groups in total. The van der Waals surface area contributed by atoms with Gasteiger partial charge >= 0.3 is 5.97 Å². The fourth-order valence-electron chi connectivity index (χ4n) is 1.32. The van der Waals surface area contributed by atoms with Crippen molar-refractivity contribution in [3.8, 4) is 0 Å². The summed E-state index contributed by atoms with van der Waals surface area (Å²) in [5.74, 6) is -4.89. The van der Waals surface area contributed by atoms with Crippen LogP contribution >= 0.6 is 11.6 Å². The van der Waals surface area contributed by atoms with Crippen LogP contribution in [0.5, 0.6) is 0 Å². The lowest BCUT2D eigenvalue weighted by Crippen LogP contribution is -2.19. The molecule has 0 heterocycles. The van der Waals surface area contributed by atoms with Gasteiger partial charge in [-0.25, -0.2) is 8.78 Å². The predicted octanol–water partition coefficient (Wildman–Crippen LogP) is 3.21. The van der Waals surface area contributed by atoms with E-state index in [2.05, 4.69) is 0 Å². The average Bonchev–Trinajstić information content (AvgIpc) is 1.99. The van der Waals surface area contributed by atoms with Crippen LogP contribution in [0, 0.1) is 6.92 Å². The smallest absolute Gasteiger partial charge is 0.309 e. The molecule has 2 nitrogen and oxygen atoms in total. The van der Waals surface area contributed by atoms with Gasteiger partial charge < -0.3 is 5.11 Å². The first-order valence-electron chi connectivity index (χ1n) is 4.19. The number of aliphatic carboxylic acids is 1. The van der Waals surface area contributed by atoms with E-state index in [0.29, 0.717) is 5.02 Å². The number of rotatable bonds is 3. The van der Waals surface area contributed by atoms with Gasteiger partial charge in [-0.2, -0.15) is 0 Å². The van der Waals surface area contributed by atoms with Crippen LogP contribution in [0.25, 0.3) is 0 Å². The molecule has 0 unspecified atom stereocenters. The molecule has 0 atom stereocenters. The molecule has 0 radical (unpaired) electrons.